The summed E-state index contributed by atoms with van der Waals surface area (Å²) < 4.78 is 10.9. The summed E-state index contributed by atoms with van der Waals surface area (Å²) in [7, 11) is 1.46. The molecule has 2 N–H and O–H groups in total. The van der Waals surface area contributed by atoms with Crippen LogP contribution in [0, 0.1) is 6.92 Å². The van der Waals surface area contributed by atoms with Gasteiger partial charge in [-0.25, -0.2) is 19.6 Å². The highest BCUT2D eigenvalue weighted by atomic mass is 35.5. The van der Waals surface area contributed by atoms with E-state index in [4.69, 9.17) is 25.9 Å². The Hall–Kier alpha value is -4.38. The van der Waals surface area contributed by atoms with E-state index in [-0.39, 0.29) is 36.7 Å². The number of carboxylic acids is 1. The smallest absolute Gasteiger partial charge is 0.357 e. The van der Waals surface area contributed by atoms with E-state index < -0.39 is 12.0 Å². The number of hydrogen-bond acceptors (Lipinski definition) is 7. The molecular formula is C26H28ClN5O6. The number of benzene rings is 2. The van der Waals surface area contributed by atoms with Crippen LogP contribution in [0.15, 0.2) is 58.1 Å². The molecule has 11 nitrogen and oxygen atoms in total. The van der Waals surface area contributed by atoms with Gasteiger partial charge in [-0.1, -0.05) is 23.7 Å². The zero-order valence-electron chi connectivity index (χ0n) is 21.3. The molecule has 0 aliphatic rings. The number of oxazole rings is 1. The number of ether oxygens (including phenoxy) is 1. The van der Waals surface area contributed by atoms with Gasteiger partial charge in [-0.05, 0) is 62.2 Å². The van der Waals surface area contributed by atoms with E-state index in [0.717, 1.165) is 17.4 Å². The summed E-state index contributed by atoms with van der Waals surface area (Å²) >= 11 is 5.97. The van der Waals surface area contributed by atoms with Crippen molar-refractivity contribution in [2.75, 3.05) is 7.05 Å². The molecule has 3 rings (SSSR count). The first-order valence-electron chi connectivity index (χ1n) is 11.6. The van der Waals surface area contributed by atoms with E-state index in [9.17, 15) is 14.4 Å². The first-order chi connectivity index (χ1) is 18.0. The summed E-state index contributed by atoms with van der Waals surface area (Å²) in [6.45, 7) is 5.71. The number of aromatic nitrogens is 1. The number of aromatic carboxylic acids is 1. The maximum atomic E-state index is 13.0. The lowest BCUT2D eigenvalue weighted by molar-refractivity contribution is -0.115. The fourth-order valence-corrected chi connectivity index (χ4v) is 3.40. The third-order valence-corrected chi connectivity index (χ3v) is 5.38. The van der Waals surface area contributed by atoms with Gasteiger partial charge < -0.3 is 19.2 Å². The number of nitrogens with zero attached hydrogens (tertiary/aromatic N) is 4. The molecule has 0 saturated heterocycles. The molecule has 1 heterocycles. The largest absolute Gasteiger partial charge is 0.491 e. The van der Waals surface area contributed by atoms with Crippen LogP contribution in [0.4, 0.5) is 10.5 Å². The molecule has 2 aromatic carbocycles. The standard InChI is InChI=1S/C26H28ClN5O6/c1-16(2)38-22-10-9-20(11-17(22)3)28-25(32(15-33)12-18-5-7-19(27)8-6-18)30-26(36)31(4)13-23-29-21(14-37-23)24(34)35/h5-11,14-16H,12-13H2,1-4H3,(H,34,35)(H,28,30,36). The first-order valence-corrected chi connectivity index (χ1v) is 12.0. The van der Waals surface area contributed by atoms with E-state index >= 15 is 0 Å². The summed E-state index contributed by atoms with van der Waals surface area (Å²) in [6.07, 6.45) is 1.55. The maximum Gasteiger partial charge on any atom is 0.357 e. The second kappa shape index (κ2) is 12.7. The van der Waals surface area contributed by atoms with Gasteiger partial charge in [-0.2, -0.15) is 0 Å². The van der Waals surface area contributed by atoms with Gasteiger partial charge in [0.15, 0.2) is 5.69 Å². The van der Waals surface area contributed by atoms with E-state index in [1.807, 2.05) is 20.8 Å². The Bertz CT molecular complexity index is 1320. The van der Waals surface area contributed by atoms with Gasteiger partial charge in [0.2, 0.25) is 18.3 Å². The second-order valence-corrected chi connectivity index (χ2v) is 9.07. The molecule has 0 bridgehead atoms. The molecule has 0 fully saturated rings. The number of guanidine groups is 1. The van der Waals surface area contributed by atoms with Crippen LogP contribution in [0.25, 0.3) is 0 Å². The van der Waals surface area contributed by atoms with Crippen LogP contribution in [0.1, 0.15) is 41.4 Å². The molecule has 3 amide bonds. The Balaban J connectivity index is 1.87. The number of carbonyl (C=O) groups excluding carboxylic acids is 2. The fraction of sp³-hybridized carbons (Fsp3) is 0.269. The third kappa shape index (κ3) is 7.81. The molecule has 0 unspecified atom stereocenters. The van der Waals surface area contributed by atoms with Crippen molar-refractivity contribution in [2.24, 2.45) is 4.99 Å². The quantitative estimate of drug-likeness (QED) is 0.229. The summed E-state index contributed by atoms with van der Waals surface area (Å²) in [5.41, 5.74) is 1.80. The molecule has 3 aromatic rings. The van der Waals surface area contributed by atoms with Crippen molar-refractivity contribution in [1.82, 2.24) is 20.1 Å². The van der Waals surface area contributed by atoms with E-state index in [2.05, 4.69) is 15.3 Å². The number of urea groups is 1. The van der Waals surface area contributed by atoms with Crippen molar-refractivity contribution in [3.63, 3.8) is 0 Å². The van der Waals surface area contributed by atoms with Crippen molar-refractivity contribution < 1.29 is 28.6 Å². The molecule has 38 heavy (non-hydrogen) atoms. The van der Waals surface area contributed by atoms with Crippen molar-refractivity contribution in [1.29, 1.82) is 0 Å². The number of halogens is 1. The van der Waals surface area contributed by atoms with Crippen molar-refractivity contribution in [3.05, 3.63) is 76.5 Å². The molecule has 12 heteroatoms. The average molecular weight is 542 g/mol. The fourth-order valence-electron chi connectivity index (χ4n) is 3.27. The van der Waals surface area contributed by atoms with Crippen LogP contribution in [-0.2, 0) is 17.9 Å². The van der Waals surface area contributed by atoms with Crippen LogP contribution in [-0.4, -0.2) is 57.4 Å². The minimum Gasteiger partial charge on any atom is -0.491 e. The first kappa shape index (κ1) is 28.2. The number of aliphatic imine (C=N–C) groups is 1. The van der Waals surface area contributed by atoms with Gasteiger partial charge in [0.1, 0.15) is 12.0 Å². The zero-order chi connectivity index (χ0) is 27.8. The van der Waals surface area contributed by atoms with E-state index in [1.54, 1.807) is 42.5 Å². The highest BCUT2D eigenvalue weighted by Crippen LogP contribution is 2.25. The van der Waals surface area contributed by atoms with Crippen molar-refractivity contribution in [2.45, 2.75) is 40.0 Å². The number of nitrogens with one attached hydrogen (secondary N) is 1. The lowest BCUT2D eigenvalue weighted by Crippen LogP contribution is -2.47. The van der Waals surface area contributed by atoms with Crippen molar-refractivity contribution in [3.8, 4) is 5.75 Å². The highest BCUT2D eigenvalue weighted by molar-refractivity contribution is 6.30. The lowest BCUT2D eigenvalue weighted by atomic mass is 10.2. The maximum absolute atomic E-state index is 13.0. The van der Waals surface area contributed by atoms with Crippen molar-refractivity contribution >= 4 is 41.7 Å². The summed E-state index contributed by atoms with van der Waals surface area (Å²) in [5.74, 6) is -0.541. The van der Waals surface area contributed by atoms with E-state index in [0.29, 0.717) is 22.9 Å². The van der Waals surface area contributed by atoms with Crippen LogP contribution in [0.5, 0.6) is 5.75 Å². The molecule has 0 radical (unpaired) electrons. The van der Waals surface area contributed by atoms with Gasteiger partial charge >= 0.3 is 12.0 Å². The normalized spacial score (nSPS) is 11.3. The lowest BCUT2D eigenvalue weighted by Gasteiger charge is -2.23. The molecule has 0 saturated carbocycles. The summed E-state index contributed by atoms with van der Waals surface area (Å²) in [6, 6.07) is 11.5. The SMILES string of the molecule is Cc1cc(N=C(NC(=O)N(C)Cc2nc(C(=O)O)co2)N(C=O)Cc2ccc(Cl)cc2)ccc1OC(C)C. The Labute approximate surface area is 224 Å². The number of carbonyl (C=O) groups is 3. The molecule has 0 spiro atoms. The van der Waals surface area contributed by atoms with Gasteiger partial charge in [0, 0.05) is 12.1 Å². The molecular weight excluding hydrogens is 514 g/mol. The predicted octanol–water partition coefficient (Wildman–Crippen LogP) is 4.61. The molecule has 1 aromatic heterocycles. The molecule has 200 valence electrons. The van der Waals surface area contributed by atoms with Gasteiger partial charge in [0.05, 0.1) is 24.9 Å². The van der Waals surface area contributed by atoms with E-state index in [1.165, 1.54) is 16.8 Å². The topological polar surface area (TPSA) is 138 Å². The molecule has 0 aliphatic carbocycles. The number of amides is 3. The number of carboxylic acid groups (broad SMARTS) is 1. The third-order valence-electron chi connectivity index (χ3n) is 5.13. The summed E-state index contributed by atoms with van der Waals surface area (Å²) in [4.78, 5) is 47.0. The molecule has 0 aliphatic heterocycles. The predicted molar refractivity (Wildman–Crippen MR) is 141 cm³/mol. The Morgan fingerprint density at radius 1 is 1.21 bits per heavy atom. The Morgan fingerprint density at radius 2 is 1.92 bits per heavy atom. The monoisotopic (exact) mass is 541 g/mol. The van der Waals surface area contributed by atoms with Gasteiger partial charge in [-0.3, -0.25) is 15.0 Å². The summed E-state index contributed by atoms with van der Waals surface area (Å²) in [5, 5.41) is 12.2. The number of hydrogen-bond donors (Lipinski definition) is 2. The van der Waals surface area contributed by atoms with Crippen LogP contribution in [0.3, 0.4) is 0 Å². The Morgan fingerprint density at radius 3 is 2.50 bits per heavy atom. The Kier molecular flexibility index (Phi) is 9.44. The van der Waals surface area contributed by atoms with Crippen LogP contribution < -0.4 is 10.1 Å². The van der Waals surface area contributed by atoms with Gasteiger partial charge in [0.25, 0.3) is 0 Å². The minimum absolute atomic E-state index is 0.00593. The second-order valence-electron chi connectivity index (χ2n) is 8.63. The average Bonchev–Trinajstić information content (AvgIpc) is 3.33. The zero-order valence-corrected chi connectivity index (χ0v) is 22.1. The minimum atomic E-state index is -1.24. The highest BCUT2D eigenvalue weighted by Gasteiger charge is 2.20. The number of rotatable bonds is 9. The number of aryl methyl sites for hydroxylation is 1. The van der Waals surface area contributed by atoms with Crippen LogP contribution >= 0.6 is 11.6 Å². The molecule has 0 atom stereocenters. The van der Waals surface area contributed by atoms with Gasteiger partial charge in [-0.15, -0.1) is 0 Å². The van der Waals surface area contributed by atoms with Crippen LogP contribution in [0.2, 0.25) is 5.02 Å².